The lowest BCUT2D eigenvalue weighted by atomic mass is 9.85. The van der Waals surface area contributed by atoms with Gasteiger partial charge in [-0.2, -0.15) is 0 Å². The van der Waals surface area contributed by atoms with Gasteiger partial charge in [-0.15, -0.1) is 5.73 Å². The zero-order valence-corrected chi connectivity index (χ0v) is 32.7. The molecule has 2 heteroatoms. The smallest absolute Gasteiger partial charge is 0.0540 e. The van der Waals surface area contributed by atoms with Crippen LogP contribution in [0.1, 0.15) is 12.0 Å². The largest absolute Gasteiger partial charge is 0.310 e. The fourth-order valence-electron chi connectivity index (χ4n) is 8.43. The third kappa shape index (κ3) is 7.26. The second-order valence-electron chi connectivity index (χ2n) is 15.0. The van der Waals surface area contributed by atoms with Crippen molar-refractivity contribution in [2.45, 2.75) is 6.42 Å². The van der Waals surface area contributed by atoms with Gasteiger partial charge < -0.3 is 9.80 Å². The second kappa shape index (κ2) is 16.1. The molecule has 7 aromatic carbocycles. The quantitative estimate of drug-likeness (QED) is 0.135. The van der Waals surface area contributed by atoms with Gasteiger partial charge in [-0.25, -0.2) is 0 Å². The average molecular weight is 755 g/mol. The van der Waals surface area contributed by atoms with Crippen molar-refractivity contribution in [3.63, 3.8) is 0 Å². The number of fused-ring (bicyclic) bond motifs is 2. The third-order valence-electron chi connectivity index (χ3n) is 11.4. The summed E-state index contributed by atoms with van der Waals surface area (Å²) in [5.41, 5.74) is 18.4. The van der Waals surface area contributed by atoms with Crippen LogP contribution in [0.5, 0.6) is 0 Å². The van der Waals surface area contributed by atoms with Gasteiger partial charge in [-0.1, -0.05) is 158 Å². The summed E-state index contributed by atoms with van der Waals surface area (Å²) in [4.78, 5) is 4.78. The van der Waals surface area contributed by atoms with Crippen molar-refractivity contribution in [1.82, 2.24) is 0 Å². The monoisotopic (exact) mass is 754 g/mol. The van der Waals surface area contributed by atoms with Crippen LogP contribution in [0, 0.1) is 5.92 Å². The van der Waals surface area contributed by atoms with E-state index in [0.29, 0.717) is 5.92 Å². The maximum atomic E-state index is 3.16. The summed E-state index contributed by atoms with van der Waals surface area (Å²) in [6.45, 7) is 0. The lowest BCUT2D eigenvalue weighted by Gasteiger charge is -2.34. The summed E-state index contributed by atoms with van der Waals surface area (Å²) in [6.07, 6.45) is 24.7. The summed E-state index contributed by atoms with van der Waals surface area (Å²) in [6, 6.07) is 61.6. The normalized spacial score (nSPS) is 15.3. The van der Waals surface area contributed by atoms with Crippen LogP contribution in [0.3, 0.4) is 0 Å². The van der Waals surface area contributed by atoms with Crippen molar-refractivity contribution in [2.24, 2.45) is 5.92 Å². The van der Waals surface area contributed by atoms with E-state index in [4.69, 9.17) is 0 Å². The summed E-state index contributed by atoms with van der Waals surface area (Å²) < 4.78 is 0. The van der Waals surface area contributed by atoms with Gasteiger partial charge in [0.05, 0.1) is 5.69 Å². The minimum absolute atomic E-state index is 0.376. The van der Waals surface area contributed by atoms with Crippen molar-refractivity contribution in [3.8, 4) is 22.3 Å². The van der Waals surface area contributed by atoms with Crippen LogP contribution in [0.15, 0.2) is 254 Å². The average Bonchev–Trinajstić information content (AvgIpc) is 3.61. The number of anilines is 5. The van der Waals surface area contributed by atoms with E-state index >= 15 is 0 Å². The van der Waals surface area contributed by atoms with Crippen LogP contribution >= 0.6 is 0 Å². The van der Waals surface area contributed by atoms with E-state index in [1.165, 1.54) is 49.9 Å². The molecule has 0 saturated heterocycles. The van der Waals surface area contributed by atoms with Crippen molar-refractivity contribution in [1.29, 1.82) is 0 Å². The van der Waals surface area contributed by atoms with Gasteiger partial charge in [0, 0.05) is 39.8 Å². The van der Waals surface area contributed by atoms with Crippen LogP contribution in [0.4, 0.5) is 28.4 Å². The number of hydrogen-bond donors (Lipinski definition) is 0. The number of allylic oxidation sites excluding steroid dienone is 12. The molecule has 0 N–H and O–H groups in total. The number of nitrogens with zero attached hydrogens (tertiary/aromatic N) is 2. The topological polar surface area (TPSA) is 6.48 Å². The molecule has 59 heavy (non-hydrogen) atoms. The first-order valence-electron chi connectivity index (χ1n) is 20.4. The van der Waals surface area contributed by atoms with Gasteiger partial charge in [-0.3, -0.25) is 0 Å². The lowest BCUT2D eigenvalue weighted by Crippen LogP contribution is -2.23. The summed E-state index contributed by atoms with van der Waals surface area (Å²) >= 11 is 0. The van der Waals surface area contributed by atoms with E-state index in [1.807, 2.05) is 18.2 Å². The minimum Gasteiger partial charge on any atom is -0.310 e. The van der Waals surface area contributed by atoms with E-state index in [2.05, 4.69) is 234 Å². The van der Waals surface area contributed by atoms with E-state index in [1.54, 1.807) is 0 Å². The van der Waals surface area contributed by atoms with Gasteiger partial charge in [0.2, 0.25) is 0 Å². The van der Waals surface area contributed by atoms with Gasteiger partial charge >= 0.3 is 0 Å². The zero-order valence-electron chi connectivity index (χ0n) is 32.7. The van der Waals surface area contributed by atoms with Crippen molar-refractivity contribution in [3.05, 3.63) is 259 Å². The molecule has 1 atom stereocenters. The fraction of sp³-hybridized carbons (Fsp3) is 0.0351. The number of benzene rings is 7. The van der Waals surface area contributed by atoms with Crippen LogP contribution < -0.4 is 9.80 Å². The molecule has 3 aliphatic rings. The molecule has 280 valence electrons. The molecule has 0 saturated carbocycles. The van der Waals surface area contributed by atoms with E-state index in [-0.39, 0.29) is 0 Å². The van der Waals surface area contributed by atoms with Gasteiger partial charge in [0.15, 0.2) is 0 Å². The highest BCUT2D eigenvalue weighted by atomic mass is 15.2. The van der Waals surface area contributed by atoms with Crippen LogP contribution in [0.25, 0.3) is 38.6 Å². The SMILES string of the molecule is C1=CC=CC(c2ccc(N(c3ccc(-c4ccc(N(C5=CC=CC6CC=CC=C56)c5ccc(-c6ccccc6)cc5)cc4)cc3)c3cccc4ccccc34)cc2)=CC=1. The molecule has 0 aliphatic heterocycles. The lowest BCUT2D eigenvalue weighted by molar-refractivity contribution is 0.758. The second-order valence-corrected chi connectivity index (χ2v) is 15.0. The molecular weight excluding hydrogens is 713 g/mol. The minimum atomic E-state index is 0.376. The molecule has 1 unspecified atom stereocenters. The van der Waals surface area contributed by atoms with Gasteiger partial charge in [0.1, 0.15) is 0 Å². The Morgan fingerprint density at radius 2 is 1.02 bits per heavy atom. The van der Waals surface area contributed by atoms with E-state index in [0.717, 1.165) is 40.4 Å². The Balaban J connectivity index is 0.987. The Bertz CT molecular complexity index is 2890. The van der Waals surface area contributed by atoms with Gasteiger partial charge in [0.25, 0.3) is 0 Å². The molecule has 0 aromatic heterocycles. The Hall–Kier alpha value is -7.64. The molecular formula is C57H42N2. The summed E-state index contributed by atoms with van der Waals surface area (Å²) in [5.74, 6) is 0.376. The highest BCUT2D eigenvalue weighted by molar-refractivity contribution is 5.99. The Morgan fingerprint density at radius 3 is 1.69 bits per heavy atom. The van der Waals surface area contributed by atoms with E-state index < -0.39 is 0 Å². The molecule has 0 heterocycles. The molecule has 0 fully saturated rings. The van der Waals surface area contributed by atoms with Crippen molar-refractivity contribution < 1.29 is 0 Å². The maximum Gasteiger partial charge on any atom is 0.0540 e. The van der Waals surface area contributed by atoms with Gasteiger partial charge in [-0.05, 0) is 130 Å². The van der Waals surface area contributed by atoms with Crippen LogP contribution in [0.2, 0.25) is 0 Å². The number of rotatable bonds is 9. The Morgan fingerprint density at radius 1 is 0.441 bits per heavy atom. The molecule has 7 aromatic rings. The molecule has 0 amide bonds. The highest BCUT2D eigenvalue weighted by Crippen LogP contribution is 2.43. The van der Waals surface area contributed by atoms with Crippen molar-refractivity contribution >= 4 is 44.8 Å². The Kier molecular flexibility index (Phi) is 9.74. The fourth-order valence-corrected chi connectivity index (χ4v) is 8.43. The molecule has 2 nitrogen and oxygen atoms in total. The van der Waals surface area contributed by atoms with Crippen LogP contribution in [-0.2, 0) is 0 Å². The van der Waals surface area contributed by atoms with Crippen LogP contribution in [-0.4, -0.2) is 0 Å². The Labute approximate surface area is 347 Å². The summed E-state index contributed by atoms with van der Waals surface area (Å²) in [5, 5.41) is 2.42. The first kappa shape index (κ1) is 35.8. The standard InChI is InChI=1S/C57H42N2/c1-2-5-15-42(14-4-1)44-26-34-50(35-27-44)58(56-24-12-20-48-18-8-10-22-54(48)56)52-38-30-46(31-39-52)47-32-40-53(41-33-47)59(57-25-13-21-49-19-9-11-23-55(49)57)51-36-28-45(29-37-51)43-16-6-3-7-17-43/h1,3-18,20-41,49H,19H2. The summed E-state index contributed by atoms with van der Waals surface area (Å²) in [7, 11) is 0. The molecule has 10 rings (SSSR count). The molecule has 0 spiro atoms. The number of hydrogen-bond acceptors (Lipinski definition) is 2. The molecule has 0 radical (unpaired) electrons. The first-order valence-corrected chi connectivity index (χ1v) is 20.4. The van der Waals surface area contributed by atoms with E-state index in [9.17, 15) is 0 Å². The predicted octanol–water partition coefficient (Wildman–Crippen LogP) is 15.4. The third-order valence-corrected chi connectivity index (χ3v) is 11.4. The molecule has 3 aliphatic carbocycles. The van der Waals surface area contributed by atoms with Crippen molar-refractivity contribution in [2.75, 3.05) is 9.80 Å². The highest BCUT2D eigenvalue weighted by Gasteiger charge is 2.25. The predicted molar refractivity (Wildman–Crippen MR) is 250 cm³/mol. The molecule has 0 bridgehead atoms. The maximum absolute atomic E-state index is 3.16. The first-order chi connectivity index (χ1) is 29.3. The zero-order chi connectivity index (χ0) is 39.4.